The lowest BCUT2D eigenvalue weighted by Crippen LogP contribution is -2.24. The molecular weight excluding hydrogens is 509 g/mol. The molecule has 0 unspecified atom stereocenters. The number of carbonyl (C=O) groups is 2. The lowest BCUT2D eigenvalue weighted by molar-refractivity contribution is -0.126. The first-order valence-corrected chi connectivity index (χ1v) is 11.2. The molecule has 2 N–H and O–H groups in total. The number of hydrogen-bond donors (Lipinski definition) is 2. The van der Waals surface area contributed by atoms with Crippen LogP contribution in [0.15, 0.2) is 35.4 Å². The number of hydrogen-bond acceptors (Lipinski definition) is 5. The zero-order chi connectivity index (χ0) is 22.8. The molecule has 31 heavy (non-hydrogen) atoms. The molecule has 8 heteroatoms. The van der Waals surface area contributed by atoms with Gasteiger partial charge in [0, 0.05) is 5.69 Å². The number of nitrogens with zero attached hydrogens (tertiary/aromatic N) is 1. The summed E-state index contributed by atoms with van der Waals surface area (Å²) in [5.74, 6) is 0.434. The summed E-state index contributed by atoms with van der Waals surface area (Å²) in [5.41, 5.74) is 5.87. The molecule has 0 aliphatic heterocycles. The molecule has 0 aliphatic carbocycles. The van der Waals surface area contributed by atoms with Crippen molar-refractivity contribution in [3.8, 4) is 11.5 Å². The Labute approximate surface area is 196 Å². The van der Waals surface area contributed by atoms with Gasteiger partial charge in [0.15, 0.2) is 11.5 Å². The van der Waals surface area contributed by atoms with E-state index in [9.17, 15) is 9.59 Å². The number of amides is 2. The minimum atomic E-state index is -0.499. The van der Waals surface area contributed by atoms with Crippen LogP contribution in [-0.2, 0) is 9.59 Å². The second kappa shape index (κ2) is 12.3. The van der Waals surface area contributed by atoms with Gasteiger partial charge >= 0.3 is 0 Å². The normalized spacial score (nSPS) is 10.7. The second-order valence-corrected chi connectivity index (χ2v) is 8.11. The third-order valence-electron chi connectivity index (χ3n) is 4.16. The number of anilines is 1. The lowest BCUT2D eigenvalue weighted by Gasteiger charge is -2.14. The standard InChI is InChI=1S/C23H28IN3O4/c1-5-9-31-23-18(24)11-17(12-20(23)30-6-2)14-25-27-22(29)13-21(28)26-19-8-7-15(3)10-16(19)4/h7-8,10-12,14H,5-6,9,13H2,1-4H3,(H,26,28)(H,27,29). The third kappa shape index (κ3) is 7.86. The highest BCUT2D eigenvalue weighted by molar-refractivity contribution is 14.1. The highest BCUT2D eigenvalue weighted by Gasteiger charge is 2.12. The molecule has 0 spiro atoms. The predicted octanol–water partition coefficient (Wildman–Crippen LogP) is 4.57. The summed E-state index contributed by atoms with van der Waals surface area (Å²) in [6, 6.07) is 9.39. The second-order valence-electron chi connectivity index (χ2n) is 6.95. The van der Waals surface area contributed by atoms with Crippen molar-refractivity contribution >= 4 is 46.3 Å². The van der Waals surface area contributed by atoms with Crippen molar-refractivity contribution in [2.75, 3.05) is 18.5 Å². The number of halogens is 1. The first-order chi connectivity index (χ1) is 14.8. The maximum absolute atomic E-state index is 12.1. The molecule has 0 fully saturated rings. The van der Waals surface area contributed by atoms with Gasteiger partial charge in [0.1, 0.15) is 6.42 Å². The fraction of sp³-hybridized carbons (Fsp3) is 0.348. The fourth-order valence-electron chi connectivity index (χ4n) is 2.78. The molecule has 7 nitrogen and oxygen atoms in total. The van der Waals surface area contributed by atoms with Crippen molar-refractivity contribution in [3.05, 3.63) is 50.6 Å². The molecule has 2 aromatic rings. The number of ether oxygens (including phenoxy) is 2. The van der Waals surface area contributed by atoms with Crippen molar-refractivity contribution in [1.82, 2.24) is 5.43 Å². The molecule has 2 rings (SSSR count). The molecule has 0 saturated heterocycles. The highest BCUT2D eigenvalue weighted by Crippen LogP contribution is 2.34. The van der Waals surface area contributed by atoms with Gasteiger partial charge in [-0.2, -0.15) is 5.10 Å². The van der Waals surface area contributed by atoms with E-state index in [4.69, 9.17) is 9.47 Å². The van der Waals surface area contributed by atoms with Gasteiger partial charge in [-0.15, -0.1) is 0 Å². The molecule has 0 radical (unpaired) electrons. The fourth-order valence-corrected chi connectivity index (χ4v) is 3.56. The van der Waals surface area contributed by atoms with Crippen LogP contribution in [0.3, 0.4) is 0 Å². The average molecular weight is 537 g/mol. The Morgan fingerprint density at radius 2 is 1.87 bits per heavy atom. The molecule has 2 amide bonds. The van der Waals surface area contributed by atoms with Crippen LogP contribution in [0.1, 0.15) is 43.4 Å². The van der Waals surface area contributed by atoms with Crippen LogP contribution in [-0.4, -0.2) is 31.2 Å². The number of rotatable bonds is 10. The van der Waals surface area contributed by atoms with Gasteiger partial charge in [-0.25, -0.2) is 5.43 Å². The highest BCUT2D eigenvalue weighted by atomic mass is 127. The van der Waals surface area contributed by atoms with E-state index in [1.165, 1.54) is 6.21 Å². The molecular formula is C23H28IN3O4. The van der Waals surface area contributed by atoms with Gasteiger partial charge in [-0.1, -0.05) is 24.6 Å². The first kappa shape index (κ1) is 24.6. The molecule has 0 bridgehead atoms. The van der Waals surface area contributed by atoms with Gasteiger partial charge in [0.05, 0.1) is 23.0 Å². The van der Waals surface area contributed by atoms with E-state index in [-0.39, 0.29) is 6.42 Å². The largest absolute Gasteiger partial charge is 0.490 e. The topological polar surface area (TPSA) is 89.0 Å². The van der Waals surface area contributed by atoms with Gasteiger partial charge in [0.25, 0.3) is 0 Å². The van der Waals surface area contributed by atoms with Crippen LogP contribution in [0.5, 0.6) is 11.5 Å². The number of hydrazone groups is 1. The summed E-state index contributed by atoms with van der Waals surface area (Å²) in [4.78, 5) is 24.2. The van der Waals surface area contributed by atoms with Crippen LogP contribution >= 0.6 is 22.6 Å². The number of aryl methyl sites for hydroxylation is 2. The number of carbonyl (C=O) groups excluding carboxylic acids is 2. The zero-order valence-electron chi connectivity index (χ0n) is 18.3. The Morgan fingerprint density at radius 3 is 2.55 bits per heavy atom. The molecule has 166 valence electrons. The summed E-state index contributed by atoms with van der Waals surface area (Å²) >= 11 is 2.18. The zero-order valence-corrected chi connectivity index (χ0v) is 20.4. The van der Waals surface area contributed by atoms with Gasteiger partial charge in [0.2, 0.25) is 11.8 Å². The van der Waals surface area contributed by atoms with E-state index in [0.717, 1.165) is 26.7 Å². The molecule has 0 atom stereocenters. The Balaban J connectivity index is 1.96. The summed E-state index contributed by atoms with van der Waals surface area (Å²) in [5, 5.41) is 6.71. The minimum Gasteiger partial charge on any atom is -0.490 e. The molecule has 0 saturated carbocycles. The Bertz CT molecular complexity index is 960. The smallest absolute Gasteiger partial charge is 0.249 e. The van der Waals surface area contributed by atoms with E-state index < -0.39 is 11.8 Å². The maximum atomic E-state index is 12.1. The van der Waals surface area contributed by atoms with E-state index in [2.05, 4.69) is 38.4 Å². The average Bonchev–Trinajstić information content (AvgIpc) is 2.70. The van der Waals surface area contributed by atoms with Gasteiger partial charge in [-0.05, 0) is 79.1 Å². The van der Waals surface area contributed by atoms with Crippen LogP contribution in [0.2, 0.25) is 0 Å². The summed E-state index contributed by atoms with van der Waals surface area (Å²) < 4.78 is 12.3. The first-order valence-electron chi connectivity index (χ1n) is 10.1. The molecule has 2 aromatic carbocycles. The molecule has 0 heterocycles. The van der Waals surface area contributed by atoms with Crippen molar-refractivity contribution in [2.24, 2.45) is 5.10 Å². The summed E-state index contributed by atoms with van der Waals surface area (Å²) in [6.45, 7) is 8.94. The van der Waals surface area contributed by atoms with Crippen molar-refractivity contribution in [3.63, 3.8) is 0 Å². The lowest BCUT2D eigenvalue weighted by atomic mass is 10.1. The summed E-state index contributed by atoms with van der Waals surface area (Å²) in [6.07, 6.45) is 2.08. The third-order valence-corrected chi connectivity index (χ3v) is 4.96. The Kier molecular flexibility index (Phi) is 9.77. The van der Waals surface area contributed by atoms with E-state index >= 15 is 0 Å². The maximum Gasteiger partial charge on any atom is 0.249 e. The van der Waals surface area contributed by atoms with Gasteiger partial charge in [-0.3, -0.25) is 9.59 Å². The van der Waals surface area contributed by atoms with Crippen molar-refractivity contribution < 1.29 is 19.1 Å². The molecule has 0 aliphatic rings. The molecule has 0 aromatic heterocycles. The monoisotopic (exact) mass is 537 g/mol. The SMILES string of the molecule is CCCOc1c(I)cc(C=NNC(=O)CC(=O)Nc2ccc(C)cc2C)cc1OCC. The number of benzene rings is 2. The van der Waals surface area contributed by atoms with Crippen LogP contribution in [0, 0.1) is 17.4 Å². The Morgan fingerprint density at radius 1 is 1.10 bits per heavy atom. The van der Waals surface area contributed by atoms with E-state index in [0.29, 0.717) is 30.4 Å². The van der Waals surface area contributed by atoms with Crippen LogP contribution < -0.4 is 20.2 Å². The predicted molar refractivity (Wildman–Crippen MR) is 131 cm³/mol. The number of nitrogens with one attached hydrogen (secondary N) is 2. The van der Waals surface area contributed by atoms with Crippen LogP contribution in [0.4, 0.5) is 5.69 Å². The van der Waals surface area contributed by atoms with E-state index in [1.807, 2.05) is 52.0 Å². The van der Waals surface area contributed by atoms with Crippen molar-refractivity contribution in [2.45, 2.75) is 40.5 Å². The minimum absolute atomic E-state index is 0.323. The quantitative estimate of drug-likeness (QED) is 0.201. The van der Waals surface area contributed by atoms with Crippen molar-refractivity contribution in [1.29, 1.82) is 0 Å². The van der Waals surface area contributed by atoms with Crippen LogP contribution in [0.25, 0.3) is 0 Å². The Hall–Kier alpha value is -2.62. The van der Waals surface area contributed by atoms with E-state index in [1.54, 1.807) is 6.07 Å². The van der Waals surface area contributed by atoms with Gasteiger partial charge < -0.3 is 14.8 Å². The summed E-state index contributed by atoms with van der Waals surface area (Å²) in [7, 11) is 0.